The number of nitrogens with one attached hydrogen (secondary N) is 1. The summed E-state index contributed by atoms with van der Waals surface area (Å²) in [5.41, 5.74) is 11.4. The van der Waals surface area contributed by atoms with Crippen molar-refractivity contribution in [3.05, 3.63) is 71.5 Å². The van der Waals surface area contributed by atoms with Crippen molar-refractivity contribution in [3.63, 3.8) is 0 Å². The summed E-state index contributed by atoms with van der Waals surface area (Å²) in [6, 6.07) is 15.9. The molecule has 0 spiro atoms. The van der Waals surface area contributed by atoms with Gasteiger partial charge in [0.2, 0.25) is 5.95 Å². The molecule has 0 radical (unpaired) electrons. The van der Waals surface area contributed by atoms with Gasteiger partial charge in [-0.3, -0.25) is 4.57 Å². The Hall–Kier alpha value is -3.45. The minimum atomic E-state index is -0.0641. The predicted octanol–water partition coefficient (Wildman–Crippen LogP) is 3.55. The number of anilines is 2. The second-order valence-corrected chi connectivity index (χ2v) is 7.11. The number of hydrogen-bond donors (Lipinski definition) is 3. The number of aliphatic hydroxyl groups is 1. The highest BCUT2D eigenvalue weighted by Crippen LogP contribution is 2.27. The summed E-state index contributed by atoms with van der Waals surface area (Å²) in [6.07, 6.45) is 2.07. The molecule has 2 aromatic carbocycles. The summed E-state index contributed by atoms with van der Waals surface area (Å²) in [5.74, 6) is 1.67. The average molecular weight is 388 g/mol. The number of fused-ring (bicyclic) bond motifs is 1. The van der Waals surface area contributed by atoms with Crippen molar-refractivity contribution < 1.29 is 5.11 Å². The van der Waals surface area contributed by atoms with Crippen LogP contribution in [0.15, 0.2) is 54.9 Å². The first-order valence-electron chi connectivity index (χ1n) is 9.56. The van der Waals surface area contributed by atoms with Crippen LogP contribution >= 0.6 is 0 Å². The van der Waals surface area contributed by atoms with Crippen molar-refractivity contribution in [1.29, 1.82) is 0 Å². The standard InChI is InChI=1S/C22H24N6O/c1-14-10-18-19(11-15(14)2)28(22(23)27-18)21-12-20(24-13-25-21)26-17(8-9-29)16-6-4-3-5-7-16/h3-7,10-13,17,29H,8-9H2,1-2H3,(H2,23,27)(H,24,25,26). The molecule has 0 bridgehead atoms. The molecule has 2 heterocycles. The van der Waals surface area contributed by atoms with Crippen LogP contribution in [-0.4, -0.2) is 31.2 Å². The number of nitrogens with zero attached hydrogens (tertiary/aromatic N) is 4. The zero-order valence-electron chi connectivity index (χ0n) is 16.5. The topological polar surface area (TPSA) is 102 Å². The lowest BCUT2D eigenvalue weighted by Crippen LogP contribution is -2.14. The van der Waals surface area contributed by atoms with Gasteiger partial charge in [-0.1, -0.05) is 30.3 Å². The fourth-order valence-corrected chi connectivity index (χ4v) is 3.46. The molecule has 0 aliphatic carbocycles. The first kappa shape index (κ1) is 18.9. The maximum absolute atomic E-state index is 9.48. The molecule has 7 heteroatoms. The lowest BCUT2D eigenvalue weighted by molar-refractivity contribution is 0.280. The Morgan fingerprint density at radius 1 is 1.07 bits per heavy atom. The maximum Gasteiger partial charge on any atom is 0.207 e. The molecule has 4 rings (SSSR count). The van der Waals surface area contributed by atoms with E-state index in [1.54, 1.807) is 0 Å². The molecule has 0 aliphatic rings. The second kappa shape index (κ2) is 7.89. The van der Waals surface area contributed by atoms with Gasteiger partial charge in [0.15, 0.2) is 0 Å². The molecule has 0 amide bonds. The van der Waals surface area contributed by atoms with Crippen molar-refractivity contribution in [3.8, 4) is 5.82 Å². The quantitative estimate of drug-likeness (QED) is 0.467. The molecular weight excluding hydrogens is 364 g/mol. The second-order valence-electron chi connectivity index (χ2n) is 7.11. The molecule has 148 valence electrons. The summed E-state index contributed by atoms with van der Waals surface area (Å²) >= 11 is 0. The molecule has 0 fully saturated rings. The molecule has 29 heavy (non-hydrogen) atoms. The van der Waals surface area contributed by atoms with Gasteiger partial charge in [-0.25, -0.2) is 15.0 Å². The van der Waals surface area contributed by atoms with Crippen LogP contribution in [0.5, 0.6) is 0 Å². The van der Waals surface area contributed by atoms with E-state index in [-0.39, 0.29) is 12.6 Å². The Kier molecular flexibility index (Phi) is 5.14. The van der Waals surface area contributed by atoms with E-state index in [4.69, 9.17) is 5.73 Å². The largest absolute Gasteiger partial charge is 0.396 e. The maximum atomic E-state index is 9.48. The van der Waals surface area contributed by atoms with Crippen molar-refractivity contribution in [2.75, 3.05) is 17.7 Å². The molecule has 0 saturated heterocycles. The van der Waals surface area contributed by atoms with Crippen LogP contribution in [-0.2, 0) is 0 Å². The summed E-state index contributed by atoms with van der Waals surface area (Å²) in [6.45, 7) is 4.19. The van der Waals surface area contributed by atoms with Gasteiger partial charge in [0.25, 0.3) is 0 Å². The van der Waals surface area contributed by atoms with Crippen LogP contribution in [0.2, 0.25) is 0 Å². The van der Waals surface area contributed by atoms with Crippen molar-refractivity contribution >= 4 is 22.8 Å². The Balaban J connectivity index is 1.72. The highest BCUT2D eigenvalue weighted by molar-refractivity contribution is 5.82. The zero-order chi connectivity index (χ0) is 20.4. The number of benzene rings is 2. The third-order valence-electron chi connectivity index (χ3n) is 5.12. The molecule has 0 aliphatic heterocycles. The smallest absolute Gasteiger partial charge is 0.207 e. The Bertz CT molecular complexity index is 1140. The average Bonchev–Trinajstić information content (AvgIpc) is 3.03. The number of hydrogen-bond acceptors (Lipinski definition) is 6. The van der Waals surface area contributed by atoms with Crippen molar-refractivity contribution in [2.24, 2.45) is 0 Å². The van der Waals surface area contributed by atoms with E-state index in [9.17, 15) is 5.11 Å². The minimum absolute atomic E-state index is 0.0641. The van der Waals surface area contributed by atoms with Crippen LogP contribution in [0.25, 0.3) is 16.9 Å². The van der Waals surface area contributed by atoms with Crippen LogP contribution in [0.3, 0.4) is 0 Å². The van der Waals surface area contributed by atoms with Crippen LogP contribution in [0.1, 0.15) is 29.2 Å². The van der Waals surface area contributed by atoms with Gasteiger partial charge in [0.1, 0.15) is 18.0 Å². The third kappa shape index (κ3) is 3.77. The van der Waals surface area contributed by atoms with E-state index < -0.39 is 0 Å². The molecule has 2 aromatic heterocycles. The van der Waals surface area contributed by atoms with E-state index in [1.807, 2.05) is 47.0 Å². The van der Waals surface area contributed by atoms with Crippen LogP contribution in [0.4, 0.5) is 11.8 Å². The van der Waals surface area contributed by atoms with Crippen molar-refractivity contribution in [1.82, 2.24) is 19.5 Å². The van der Waals surface area contributed by atoms with Gasteiger partial charge in [0, 0.05) is 12.7 Å². The lowest BCUT2D eigenvalue weighted by atomic mass is 10.0. The zero-order valence-corrected chi connectivity index (χ0v) is 16.5. The number of aliphatic hydroxyl groups excluding tert-OH is 1. The SMILES string of the molecule is Cc1cc2nc(N)n(-c3cc(NC(CCO)c4ccccc4)ncn3)c2cc1C. The van der Waals surface area contributed by atoms with E-state index in [0.29, 0.717) is 24.0 Å². The Labute approximate surface area is 169 Å². The minimum Gasteiger partial charge on any atom is -0.396 e. The summed E-state index contributed by atoms with van der Waals surface area (Å²) in [5, 5.41) is 12.9. The van der Waals surface area contributed by atoms with E-state index in [2.05, 4.69) is 40.2 Å². The van der Waals surface area contributed by atoms with Crippen LogP contribution in [0, 0.1) is 13.8 Å². The summed E-state index contributed by atoms with van der Waals surface area (Å²) in [7, 11) is 0. The van der Waals surface area contributed by atoms with Gasteiger partial charge >= 0.3 is 0 Å². The number of rotatable bonds is 6. The van der Waals surface area contributed by atoms with E-state index >= 15 is 0 Å². The van der Waals surface area contributed by atoms with Gasteiger partial charge in [-0.2, -0.15) is 0 Å². The molecule has 7 nitrogen and oxygen atoms in total. The number of imidazole rings is 1. The predicted molar refractivity (Wildman–Crippen MR) is 115 cm³/mol. The highest BCUT2D eigenvalue weighted by Gasteiger charge is 2.15. The molecule has 1 unspecified atom stereocenters. The highest BCUT2D eigenvalue weighted by atomic mass is 16.3. The Morgan fingerprint density at radius 3 is 2.59 bits per heavy atom. The summed E-state index contributed by atoms with van der Waals surface area (Å²) < 4.78 is 1.83. The van der Waals surface area contributed by atoms with Gasteiger partial charge in [-0.15, -0.1) is 0 Å². The number of aryl methyl sites for hydroxylation is 2. The third-order valence-corrected chi connectivity index (χ3v) is 5.12. The first-order valence-corrected chi connectivity index (χ1v) is 9.56. The van der Waals surface area contributed by atoms with Crippen molar-refractivity contribution in [2.45, 2.75) is 26.3 Å². The normalized spacial score (nSPS) is 12.2. The van der Waals surface area contributed by atoms with Crippen LogP contribution < -0.4 is 11.1 Å². The van der Waals surface area contributed by atoms with E-state index in [1.165, 1.54) is 11.9 Å². The molecule has 0 saturated carbocycles. The monoisotopic (exact) mass is 388 g/mol. The number of nitrogen functional groups attached to an aromatic ring is 1. The van der Waals surface area contributed by atoms with Gasteiger partial charge < -0.3 is 16.2 Å². The number of nitrogens with two attached hydrogens (primary N) is 1. The van der Waals surface area contributed by atoms with E-state index in [0.717, 1.165) is 22.2 Å². The molecular formula is C22H24N6O. The number of aromatic nitrogens is 4. The molecule has 1 atom stereocenters. The Morgan fingerprint density at radius 2 is 1.83 bits per heavy atom. The lowest BCUT2D eigenvalue weighted by Gasteiger charge is -2.19. The van der Waals surface area contributed by atoms with Gasteiger partial charge in [0.05, 0.1) is 17.1 Å². The fraction of sp³-hybridized carbons (Fsp3) is 0.227. The first-order chi connectivity index (χ1) is 14.1. The molecule has 4 N–H and O–H groups in total. The molecule has 4 aromatic rings. The fourth-order valence-electron chi connectivity index (χ4n) is 3.46. The summed E-state index contributed by atoms with van der Waals surface area (Å²) in [4.78, 5) is 13.3. The van der Waals surface area contributed by atoms with Gasteiger partial charge in [-0.05, 0) is 49.1 Å².